The van der Waals surface area contributed by atoms with Gasteiger partial charge < -0.3 is 5.32 Å². The molecule has 0 saturated carbocycles. The maximum absolute atomic E-state index is 12.3. The van der Waals surface area contributed by atoms with Crippen molar-refractivity contribution in [3.8, 4) is 0 Å². The molecule has 0 bridgehead atoms. The van der Waals surface area contributed by atoms with E-state index in [1.807, 2.05) is 0 Å². The zero-order valence-corrected chi connectivity index (χ0v) is 15.7. The van der Waals surface area contributed by atoms with Crippen LogP contribution in [-0.2, 0) is 14.6 Å². The fourth-order valence-electron chi connectivity index (χ4n) is 2.94. The average Bonchev–Trinajstić information content (AvgIpc) is 2.83. The second-order valence-electron chi connectivity index (χ2n) is 7.14. The summed E-state index contributed by atoms with van der Waals surface area (Å²) in [5, 5.41) is 2.82. The van der Waals surface area contributed by atoms with Crippen molar-refractivity contribution >= 4 is 21.3 Å². The number of carbonyl (C=O) groups excluding carboxylic acids is 1. The van der Waals surface area contributed by atoms with Crippen LogP contribution in [0.4, 0.5) is 0 Å². The molecule has 0 aliphatic carbocycles. The van der Waals surface area contributed by atoms with E-state index in [4.69, 9.17) is 0 Å². The van der Waals surface area contributed by atoms with E-state index in [1.165, 1.54) is 5.56 Å². The van der Waals surface area contributed by atoms with E-state index in [2.05, 4.69) is 57.3 Å². The molecule has 1 amide bonds. The van der Waals surface area contributed by atoms with Crippen molar-refractivity contribution in [1.29, 1.82) is 0 Å². The molecule has 24 heavy (non-hydrogen) atoms. The van der Waals surface area contributed by atoms with E-state index >= 15 is 0 Å². The molecular formula is C19H27NO3S. The maximum atomic E-state index is 12.3. The Hall–Kier alpha value is -1.62. The Labute approximate surface area is 145 Å². The Morgan fingerprint density at radius 3 is 2.25 bits per heavy atom. The van der Waals surface area contributed by atoms with Crippen molar-refractivity contribution in [2.75, 3.05) is 11.5 Å². The number of benzene rings is 1. The Balaban J connectivity index is 2.14. The van der Waals surface area contributed by atoms with Crippen LogP contribution in [0, 0.1) is 5.92 Å². The fourth-order valence-corrected chi connectivity index (χ4v) is 4.61. The van der Waals surface area contributed by atoms with Crippen molar-refractivity contribution in [1.82, 2.24) is 5.32 Å². The standard InChI is InChI=1S/C19H27NO3S/c1-13(2)15-5-7-16(8-6-15)18(14(3)4)11-19(21)20-17-9-10-24(22,23)12-17/h5-8,11,13-14,17H,9-10,12H2,1-4H3,(H,20,21)/b18-11+. The van der Waals surface area contributed by atoms with Gasteiger partial charge >= 0.3 is 0 Å². The van der Waals surface area contributed by atoms with E-state index in [0.717, 1.165) is 11.1 Å². The quantitative estimate of drug-likeness (QED) is 0.831. The molecule has 0 aromatic heterocycles. The summed E-state index contributed by atoms with van der Waals surface area (Å²) in [6, 6.07) is 8.02. The van der Waals surface area contributed by atoms with E-state index < -0.39 is 9.84 Å². The molecule has 2 rings (SSSR count). The Morgan fingerprint density at radius 2 is 1.79 bits per heavy atom. The smallest absolute Gasteiger partial charge is 0.244 e. The topological polar surface area (TPSA) is 63.2 Å². The molecule has 132 valence electrons. The lowest BCUT2D eigenvalue weighted by atomic mass is 9.92. The first-order valence-corrected chi connectivity index (χ1v) is 10.3. The van der Waals surface area contributed by atoms with Gasteiger partial charge in [-0.25, -0.2) is 8.42 Å². The number of sulfone groups is 1. The number of hydrogen-bond donors (Lipinski definition) is 1. The normalized spacial score (nSPS) is 20.6. The summed E-state index contributed by atoms with van der Waals surface area (Å²) in [5.41, 5.74) is 3.26. The van der Waals surface area contributed by atoms with E-state index in [-0.39, 0.29) is 29.4 Å². The lowest BCUT2D eigenvalue weighted by Crippen LogP contribution is -2.34. The molecule has 0 radical (unpaired) electrons. The molecular weight excluding hydrogens is 322 g/mol. The number of carbonyl (C=O) groups is 1. The van der Waals surface area contributed by atoms with Crippen LogP contribution in [0.1, 0.15) is 51.2 Å². The molecule has 1 heterocycles. The molecule has 1 atom stereocenters. The molecule has 1 aromatic rings. The highest BCUT2D eigenvalue weighted by Crippen LogP contribution is 2.25. The molecule has 1 aliphatic heterocycles. The van der Waals surface area contributed by atoms with E-state index in [1.54, 1.807) is 6.08 Å². The van der Waals surface area contributed by atoms with Gasteiger partial charge in [-0.3, -0.25) is 4.79 Å². The third-order valence-corrected chi connectivity index (χ3v) is 6.17. The first kappa shape index (κ1) is 18.7. The number of hydrogen-bond acceptors (Lipinski definition) is 3. The predicted molar refractivity (Wildman–Crippen MR) is 98.5 cm³/mol. The summed E-state index contributed by atoms with van der Waals surface area (Å²) in [6.45, 7) is 8.40. The minimum absolute atomic E-state index is 0.0483. The first-order chi connectivity index (χ1) is 11.2. The second kappa shape index (κ2) is 7.51. The molecule has 0 spiro atoms. The summed E-state index contributed by atoms with van der Waals surface area (Å²) in [6.07, 6.45) is 2.11. The van der Waals surface area contributed by atoms with E-state index in [9.17, 15) is 13.2 Å². The number of amides is 1. The third kappa shape index (κ3) is 4.94. The number of rotatable bonds is 5. The summed E-state index contributed by atoms with van der Waals surface area (Å²) in [5.74, 6) is 0.669. The maximum Gasteiger partial charge on any atom is 0.244 e. The molecule has 1 N–H and O–H groups in total. The molecule has 1 saturated heterocycles. The molecule has 1 aromatic carbocycles. The molecule has 1 fully saturated rings. The number of allylic oxidation sites excluding steroid dienone is 1. The Bertz CT molecular complexity index is 715. The lowest BCUT2D eigenvalue weighted by Gasteiger charge is -2.15. The Kier molecular flexibility index (Phi) is 5.86. The Morgan fingerprint density at radius 1 is 1.17 bits per heavy atom. The van der Waals surface area contributed by atoms with Gasteiger partial charge in [0.1, 0.15) is 0 Å². The third-order valence-electron chi connectivity index (χ3n) is 4.40. The van der Waals surface area contributed by atoms with Crippen molar-refractivity contribution in [3.63, 3.8) is 0 Å². The summed E-state index contributed by atoms with van der Waals surface area (Å²) in [7, 11) is -2.99. The summed E-state index contributed by atoms with van der Waals surface area (Å²) < 4.78 is 23.0. The van der Waals surface area contributed by atoms with Gasteiger partial charge in [-0.2, -0.15) is 0 Å². The first-order valence-electron chi connectivity index (χ1n) is 8.51. The average molecular weight is 349 g/mol. The van der Waals surface area contributed by atoms with Gasteiger partial charge in [0, 0.05) is 12.1 Å². The number of nitrogens with one attached hydrogen (secondary N) is 1. The van der Waals surface area contributed by atoms with Gasteiger partial charge in [0.05, 0.1) is 11.5 Å². The predicted octanol–water partition coefficient (Wildman–Crippen LogP) is 3.15. The fraction of sp³-hybridized carbons (Fsp3) is 0.526. The van der Waals surface area contributed by atoms with Crippen molar-refractivity contribution in [2.45, 2.75) is 46.1 Å². The monoisotopic (exact) mass is 349 g/mol. The highest BCUT2D eigenvalue weighted by atomic mass is 32.2. The van der Waals surface area contributed by atoms with Gasteiger partial charge in [-0.1, -0.05) is 52.0 Å². The molecule has 4 nitrogen and oxygen atoms in total. The highest BCUT2D eigenvalue weighted by Gasteiger charge is 2.28. The van der Waals surface area contributed by atoms with Gasteiger partial charge in [0.25, 0.3) is 0 Å². The second-order valence-corrected chi connectivity index (χ2v) is 9.37. The van der Waals surface area contributed by atoms with Crippen molar-refractivity contribution in [2.24, 2.45) is 5.92 Å². The van der Waals surface area contributed by atoms with Gasteiger partial charge in [0.2, 0.25) is 5.91 Å². The van der Waals surface area contributed by atoms with Crippen molar-refractivity contribution < 1.29 is 13.2 Å². The molecule has 5 heteroatoms. The minimum atomic E-state index is -2.99. The van der Waals surface area contributed by atoms with Crippen LogP contribution in [-0.4, -0.2) is 31.9 Å². The van der Waals surface area contributed by atoms with E-state index in [0.29, 0.717) is 12.3 Å². The van der Waals surface area contributed by atoms with Crippen LogP contribution in [0.15, 0.2) is 30.3 Å². The van der Waals surface area contributed by atoms with Crippen LogP contribution in [0.25, 0.3) is 5.57 Å². The molecule has 1 aliphatic rings. The van der Waals surface area contributed by atoms with Crippen LogP contribution >= 0.6 is 0 Å². The zero-order valence-electron chi connectivity index (χ0n) is 14.9. The SMILES string of the molecule is CC(C)/C(=C\C(=O)NC1CCS(=O)(=O)C1)c1ccc(C(C)C)cc1. The van der Waals surface area contributed by atoms with Gasteiger partial charge in [-0.05, 0) is 35.0 Å². The largest absolute Gasteiger partial charge is 0.349 e. The van der Waals surface area contributed by atoms with Crippen LogP contribution < -0.4 is 5.32 Å². The highest BCUT2D eigenvalue weighted by molar-refractivity contribution is 7.91. The van der Waals surface area contributed by atoms with Gasteiger partial charge in [0.15, 0.2) is 9.84 Å². The molecule has 1 unspecified atom stereocenters. The van der Waals surface area contributed by atoms with Crippen LogP contribution in [0.5, 0.6) is 0 Å². The van der Waals surface area contributed by atoms with Crippen LogP contribution in [0.3, 0.4) is 0 Å². The summed E-state index contributed by atoms with van der Waals surface area (Å²) >= 11 is 0. The van der Waals surface area contributed by atoms with Crippen LogP contribution in [0.2, 0.25) is 0 Å². The minimum Gasteiger partial charge on any atom is -0.349 e. The zero-order chi connectivity index (χ0) is 17.9. The van der Waals surface area contributed by atoms with Gasteiger partial charge in [-0.15, -0.1) is 0 Å². The van der Waals surface area contributed by atoms with Crippen molar-refractivity contribution in [3.05, 3.63) is 41.5 Å². The summed E-state index contributed by atoms with van der Waals surface area (Å²) in [4.78, 5) is 12.3. The lowest BCUT2D eigenvalue weighted by molar-refractivity contribution is -0.117.